The zero-order chi connectivity index (χ0) is 9.94. The van der Waals surface area contributed by atoms with Crippen molar-refractivity contribution in [3.05, 3.63) is 12.2 Å². The Morgan fingerprint density at radius 3 is 2.25 bits per heavy atom. The number of carbonyl (C=O) groups is 2. The number of carboxylic acids is 1. The highest BCUT2D eigenvalue weighted by atomic mass is 35.5. The molecule has 12 heavy (non-hydrogen) atoms. The minimum atomic E-state index is -1.67. The van der Waals surface area contributed by atoms with Crippen LogP contribution in [0.25, 0.3) is 0 Å². The van der Waals surface area contributed by atoms with Gasteiger partial charge in [-0.1, -0.05) is 18.2 Å². The largest absolute Gasteiger partial charge is 0.478 e. The average Bonchev–Trinajstić information content (AvgIpc) is 1.82. The summed E-state index contributed by atoms with van der Waals surface area (Å²) in [4.78, 5) is 20.8. The quantitative estimate of drug-likeness (QED) is 0.414. The molecule has 0 aromatic heterocycles. The highest BCUT2D eigenvalue weighted by Gasteiger charge is 2.32. The standard InChI is InChI=1S/C7H9ClO4/c1-4(6(10)11)7(3,8)12-5(2)9/h1H2,2-3H3,(H,10,11). The smallest absolute Gasteiger partial charge is 0.336 e. The fourth-order valence-corrected chi connectivity index (χ4v) is 0.712. The van der Waals surface area contributed by atoms with Gasteiger partial charge in [0.1, 0.15) is 0 Å². The third kappa shape index (κ3) is 2.92. The lowest BCUT2D eigenvalue weighted by atomic mass is 10.2. The number of esters is 1. The first-order chi connectivity index (χ1) is 5.27. The Bertz CT molecular complexity index is 232. The molecule has 0 aliphatic rings. The molecule has 1 atom stereocenters. The molecule has 5 heteroatoms. The van der Waals surface area contributed by atoms with E-state index in [2.05, 4.69) is 11.3 Å². The Balaban J connectivity index is 4.50. The summed E-state index contributed by atoms with van der Waals surface area (Å²) in [6.45, 7) is 5.55. The molecular weight excluding hydrogens is 184 g/mol. The summed E-state index contributed by atoms with van der Waals surface area (Å²) < 4.78 is 4.51. The van der Waals surface area contributed by atoms with Crippen LogP contribution in [0, 0.1) is 0 Å². The van der Waals surface area contributed by atoms with Gasteiger partial charge in [-0.3, -0.25) is 4.79 Å². The van der Waals surface area contributed by atoms with E-state index in [1.54, 1.807) is 0 Å². The average molecular weight is 193 g/mol. The molecule has 1 N–H and O–H groups in total. The lowest BCUT2D eigenvalue weighted by Gasteiger charge is -2.21. The van der Waals surface area contributed by atoms with E-state index in [0.29, 0.717) is 0 Å². The second-order valence-electron chi connectivity index (χ2n) is 2.29. The third-order valence-electron chi connectivity index (χ3n) is 1.13. The predicted molar refractivity (Wildman–Crippen MR) is 42.8 cm³/mol. The van der Waals surface area contributed by atoms with Crippen LogP contribution in [0.5, 0.6) is 0 Å². The molecule has 0 aliphatic heterocycles. The number of hydrogen-bond donors (Lipinski definition) is 1. The van der Waals surface area contributed by atoms with Crippen molar-refractivity contribution in [2.24, 2.45) is 0 Å². The van der Waals surface area contributed by atoms with Gasteiger partial charge >= 0.3 is 11.9 Å². The SMILES string of the molecule is C=C(C(=O)O)C(C)(Cl)OC(C)=O. The summed E-state index contributed by atoms with van der Waals surface area (Å²) in [5, 5.41) is 6.79. The zero-order valence-corrected chi connectivity index (χ0v) is 7.51. The molecule has 0 heterocycles. The Labute approximate surface area is 74.8 Å². The molecule has 1 unspecified atom stereocenters. The van der Waals surface area contributed by atoms with Crippen LogP contribution in [0.15, 0.2) is 12.2 Å². The molecule has 0 amide bonds. The van der Waals surface area contributed by atoms with E-state index in [9.17, 15) is 9.59 Å². The summed E-state index contributed by atoms with van der Waals surface area (Å²) in [5.41, 5.74) is -0.376. The molecule has 0 radical (unpaired) electrons. The number of alkyl halides is 1. The molecule has 0 saturated carbocycles. The third-order valence-corrected chi connectivity index (χ3v) is 1.44. The van der Waals surface area contributed by atoms with Gasteiger partial charge in [-0.15, -0.1) is 0 Å². The van der Waals surface area contributed by atoms with E-state index in [1.165, 1.54) is 6.92 Å². The van der Waals surface area contributed by atoms with Crippen LogP contribution in [-0.4, -0.2) is 22.1 Å². The van der Waals surface area contributed by atoms with Crippen LogP contribution in [0.4, 0.5) is 0 Å². The van der Waals surface area contributed by atoms with E-state index >= 15 is 0 Å². The van der Waals surface area contributed by atoms with Gasteiger partial charge in [-0.05, 0) is 6.92 Å². The number of carbonyl (C=O) groups excluding carboxylic acids is 1. The van der Waals surface area contributed by atoms with E-state index in [4.69, 9.17) is 16.7 Å². The number of ether oxygens (including phenoxy) is 1. The minimum Gasteiger partial charge on any atom is -0.478 e. The summed E-state index contributed by atoms with van der Waals surface area (Å²) in [7, 11) is 0. The first-order valence-corrected chi connectivity index (χ1v) is 3.46. The highest BCUT2D eigenvalue weighted by molar-refractivity contribution is 6.27. The maximum absolute atomic E-state index is 10.4. The van der Waals surface area contributed by atoms with Crippen LogP contribution < -0.4 is 0 Å². The van der Waals surface area contributed by atoms with Crippen molar-refractivity contribution < 1.29 is 19.4 Å². The molecule has 0 aromatic carbocycles. The van der Waals surface area contributed by atoms with E-state index in [-0.39, 0.29) is 5.57 Å². The molecule has 68 valence electrons. The summed E-state index contributed by atoms with van der Waals surface area (Å²) in [6, 6.07) is 0. The molecule has 0 aromatic rings. The van der Waals surface area contributed by atoms with Crippen molar-refractivity contribution in [3.63, 3.8) is 0 Å². The van der Waals surface area contributed by atoms with Gasteiger partial charge in [0.2, 0.25) is 5.06 Å². The number of halogens is 1. The van der Waals surface area contributed by atoms with Gasteiger partial charge in [-0.2, -0.15) is 0 Å². The molecule has 0 aliphatic carbocycles. The van der Waals surface area contributed by atoms with Gasteiger partial charge in [0.05, 0.1) is 5.57 Å². The van der Waals surface area contributed by atoms with Gasteiger partial charge in [0, 0.05) is 6.92 Å². The zero-order valence-electron chi connectivity index (χ0n) is 6.76. The Morgan fingerprint density at radius 1 is 1.58 bits per heavy atom. The lowest BCUT2D eigenvalue weighted by molar-refractivity contribution is -0.147. The summed E-state index contributed by atoms with van der Waals surface area (Å²) >= 11 is 5.55. The van der Waals surface area contributed by atoms with Gasteiger partial charge in [-0.25, -0.2) is 4.79 Å². The fourth-order valence-electron chi connectivity index (χ4n) is 0.523. The van der Waals surface area contributed by atoms with Crippen molar-refractivity contribution in [1.82, 2.24) is 0 Å². The van der Waals surface area contributed by atoms with Crippen molar-refractivity contribution in [1.29, 1.82) is 0 Å². The Morgan fingerprint density at radius 2 is 2.00 bits per heavy atom. The van der Waals surface area contributed by atoms with Crippen molar-refractivity contribution >= 4 is 23.5 Å². The summed E-state index contributed by atoms with van der Waals surface area (Å²) in [5.74, 6) is -1.95. The number of carboxylic acid groups (broad SMARTS) is 1. The van der Waals surface area contributed by atoms with Crippen LogP contribution in [0.1, 0.15) is 13.8 Å². The monoisotopic (exact) mass is 192 g/mol. The van der Waals surface area contributed by atoms with E-state index < -0.39 is 17.0 Å². The van der Waals surface area contributed by atoms with Crippen molar-refractivity contribution in [3.8, 4) is 0 Å². The number of aliphatic carboxylic acids is 1. The number of rotatable bonds is 3. The normalized spacial score (nSPS) is 14.6. The van der Waals surface area contributed by atoms with Crippen LogP contribution in [0.2, 0.25) is 0 Å². The second kappa shape index (κ2) is 3.58. The van der Waals surface area contributed by atoms with Gasteiger partial charge < -0.3 is 9.84 Å². The Kier molecular flexibility index (Phi) is 3.27. The van der Waals surface area contributed by atoms with Crippen molar-refractivity contribution in [2.45, 2.75) is 18.9 Å². The molecule has 4 nitrogen and oxygen atoms in total. The second-order valence-corrected chi connectivity index (χ2v) is 3.02. The molecule has 0 bridgehead atoms. The topological polar surface area (TPSA) is 63.6 Å². The molecule has 0 fully saturated rings. The molecule has 0 spiro atoms. The molecular formula is C7H9ClO4. The maximum Gasteiger partial charge on any atom is 0.336 e. The van der Waals surface area contributed by atoms with Crippen LogP contribution in [-0.2, 0) is 14.3 Å². The molecule has 0 saturated heterocycles. The number of hydrogen-bond acceptors (Lipinski definition) is 3. The maximum atomic E-state index is 10.4. The first-order valence-electron chi connectivity index (χ1n) is 3.08. The van der Waals surface area contributed by atoms with Gasteiger partial charge in [0.15, 0.2) is 0 Å². The molecule has 0 rings (SSSR count). The Hall–Kier alpha value is -1.03. The predicted octanol–water partition coefficient (Wildman–Crippen LogP) is 1.15. The van der Waals surface area contributed by atoms with Crippen LogP contribution >= 0.6 is 11.6 Å². The minimum absolute atomic E-state index is 0.376. The fraction of sp³-hybridized carbons (Fsp3) is 0.429. The van der Waals surface area contributed by atoms with Crippen LogP contribution in [0.3, 0.4) is 0 Å². The van der Waals surface area contributed by atoms with E-state index in [1.807, 2.05) is 0 Å². The van der Waals surface area contributed by atoms with Gasteiger partial charge in [0.25, 0.3) is 0 Å². The van der Waals surface area contributed by atoms with Crippen molar-refractivity contribution in [2.75, 3.05) is 0 Å². The summed E-state index contributed by atoms with van der Waals surface area (Å²) in [6.07, 6.45) is 0. The van der Waals surface area contributed by atoms with E-state index in [0.717, 1.165) is 6.92 Å². The lowest BCUT2D eigenvalue weighted by Crippen LogP contribution is -2.29. The first kappa shape index (κ1) is 11.0. The highest BCUT2D eigenvalue weighted by Crippen LogP contribution is 2.25.